The predicted octanol–water partition coefficient (Wildman–Crippen LogP) is 4.78. The predicted molar refractivity (Wildman–Crippen MR) is 168 cm³/mol. The summed E-state index contributed by atoms with van der Waals surface area (Å²) < 4.78 is 22.4. The summed E-state index contributed by atoms with van der Waals surface area (Å²) in [6.07, 6.45) is 15.1. The summed E-state index contributed by atoms with van der Waals surface area (Å²) >= 11 is 0. The van der Waals surface area contributed by atoms with Gasteiger partial charge in [0.1, 0.15) is 6.61 Å². The van der Waals surface area contributed by atoms with Crippen LogP contribution in [0.15, 0.2) is 0 Å². The van der Waals surface area contributed by atoms with Crippen molar-refractivity contribution in [2.45, 2.75) is 122 Å². The largest absolute Gasteiger partial charge is 0.393 e. The number of fused-ring (bicyclic) bond motifs is 2. The van der Waals surface area contributed by atoms with Gasteiger partial charge in [0.15, 0.2) is 0 Å². The fourth-order valence-electron chi connectivity index (χ4n) is 7.46. The Labute approximate surface area is 260 Å². The van der Waals surface area contributed by atoms with Gasteiger partial charge in [0, 0.05) is 32.7 Å². The number of aliphatic hydroxyl groups is 1. The SMILES string of the molecule is CCCOCCOCCOCCCNC(=O)CCCCCCNC(=O)CO[C@H]1CC[C@]2(C)C[C@@H]3C(CCC[C@@H]3O)CC2C1. The first-order chi connectivity index (χ1) is 20.9. The molecule has 43 heavy (non-hydrogen) atoms. The van der Waals surface area contributed by atoms with Crippen molar-refractivity contribution in [3.05, 3.63) is 0 Å². The van der Waals surface area contributed by atoms with Crippen LogP contribution >= 0.6 is 0 Å². The van der Waals surface area contributed by atoms with Gasteiger partial charge in [0.25, 0.3) is 0 Å². The minimum Gasteiger partial charge on any atom is -0.393 e. The van der Waals surface area contributed by atoms with E-state index in [4.69, 9.17) is 18.9 Å². The Balaban J connectivity index is 1.09. The minimum absolute atomic E-state index is 0.0275. The van der Waals surface area contributed by atoms with E-state index in [2.05, 4.69) is 24.5 Å². The van der Waals surface area contributed by atoms with Crippen molar-refractivity contribution in [2.75, 3.05) is 59.3 Å². The highest BCUT2D eigenvalue weighted by molar-refractivity contribution is 5.77. The number of nitrogens with one attached hydrogen (secondary N) is 2. The zero-order valence-electron chi connectivity index (χ0n) is 27.3. The van der Waals surface area contributed by atoms with Crippen molar-refractivity contribution >= 4 is 11.8 Å². The van der Waals surface area contributed by atoms with E-state index in [0.717, 1.165) is 83.7 Å². The lowest BCUT2D eigenvalue weighted by molar-refractivity contribution is -0.133. The molecule has 0 radical (unpaired) electrons. The summed E-state index contributed by atoms with van der Waals surface area (Å²) in [6, 6.07) is 0. The fourth-order valence-corrected chi connectivity index (χ4v) is 7.46. The molecule has 3 fully saturated rings. The number of aliphatic hydroxyl groups excluding tert-OH is 1. The highest BCUT2D eigenvalue weighted by atomic mass is 16.5. The van der Waals surface area contributed by atoms with Crippen LogP contribution in [-0.2, 0) is 28.5 Å². The Morgan fingerprint density at radius 3 is 2.30 bits per heavy atom. The second kappa shape index (κ2) is 20.7. The van der Waals surface area contributed by atoms with Crippen molar-refractivity contribution in [1.82, 2.24) is 10.6 Å². The molecular weight excluding hydrogens is 548 g/mol. The molecule has 3 N–H and O–H groups in total. The van der Waals surface area contributed by atoms with Gasteiger partial charge in [-0.05, 0) is 93.8 Å². The maximum absolute atomic E-state index is 12.4. The van der Waals surface area contributed by atoms with Crippen LogP contribution in [0.25, 0.3) is 0 Å². The van der Waals surface area contributed by atoms with Crippen molar-refractivity contribution in [3.8, 4) is 0 Å². The van der Waals surface area contributed by atoms with Gasteiger partial charge in [-0.3, -0.25) is 9.59 Å². The molecule has 6 atom stereocenters. The molecule has 2 unspecified atom stereocenters. The van der Waals surface area contributed by atoms with E-state index < -0.39 is 0 Å². The van der Waals surface area contributed by atoms with Crippen LogP contribution in [0, 0.1) is 23.2 Å². The van der Waals surface area contributed by atoms with Crippen LogP contribution in [0.1, 0.15) is 110 Å². The number of carbonyl (C=O) groups is 2. The van der Waals surface area contributed by atoms with Crippen molar-refractivity contribution in [2.24, 2.45) is 23.2 Å². The van der Waals surface area contributed by atoms with Crippen LogP contribution in [0.2, 0.25) is 0 Å². The van der Waals surface area contributed by atoms with Crippen LogP contribution in [0.5, 0.6) is 0 Å². The van der Waals surface area contributed by atoms with E-state index in [1.54, 1.807) is 0 Å². The smallest absolute Gasteiger partial charge is 0.246 e. The van der Waals surface area contributed by atoms with E-state index in [0.29, 0.717) is 75.7 Å². The van der Waals surface area contributed by atoms with E-state index >= 15 is 0 Å². The van der Waals surface area contributed by atoms with E-state index in [1.165, 1.54) is 12.8 Å². The normalized spacial score (nSPS) is 28.6. The molecule has 0 aliphatic heterocycles. The Morgan fingerprint density at radius 1 is 0.814 bits per heavy atom. The van der Waals surface area contributed by atoms with Crippen LogP contribution in [0.3, 0.4) is 0 Å². The third-order valence-electron chi connectivity index (χ3n) is 10.0. The Kier molecular flexibility index (Phi) is 17.4. The quantitative estimate of drug-likeness (QED) is 0.151. The molecule has 3 saturated carbocycles. The number of amides is 2. The first kappa shape index (κ1) is 36.2. The number of unbranched alkanes of at least 4 members (excludes halogenated alkanes) is 3. The van der Waals surface area contributed by atoms with Gasteiger partial charge in [0.05, 0.1) is 38.6 Å². The van der Waals surface area contributed by atoms with Crippen molar-refractivity contribution < 1.29 is 33.6 Å². The summed E-state index contributed by atoms with van der Waals surface area (Å²) in [6.45, 7) is 9.67. The average molecular weight is 611 g/mol. The second-order valence-corrected chi connectivity index (χ2v) is 13.5. The van der Waals surface area contributed by atoms with E-state index in [9.17, 15) is 14.7 Å². The molecule has 3 rings (SSSR count). The molecule has 0 spiro atoms. The van der Waals surface area contributed by atoms with E-state index in [1.807, 2.05) is 0 Å². The van der Waals surface area contributed by atoms with Crippen molar-refractivity contribution in [3.63, 3.8) is 0 Å². The third kappa shape index (κ3) is 13.7. The molecule has 9 heteroatoms. The molecule has 0 heterocycles. The van der Waals surface area contributed by atoms with Gasteiger partial charge in [-0.15, -0.1) is 0 Å². The summed E-state index contributed by atoms with van der Waals surface area (Å²) in [5, 5.41) is 16.5. The van der Waals surface area contributed by atoms with Gasteiger partial charge in [-0.25, -0.2) is 0 Å². The molecule has 3 aliphatic carbocycles. The molecule has 0 aromatic carbocycles. The summed E-state index contributed by atoms with van der Waals surface area (Å²) in [5.41, 5.74) is 0.316. The molecule has 2 amide bonds. The van der Waals surface area contributed by atoms with Crippen LogP contribution < -0.4 is 10.6 Å². The molecule has 0 saturated heterocycles. The topological polar surface area (TPSA) is 115 Å². The first-order valence-corrected chi connectivity index (χ1v) is 17.5. The Morgan fingerprint density at radius 2 is 1.51 bits per heavy atom. The molecule has 9 nitrogen and oxygen atoms in total. The maximum atomic E-state index is 12.4. The molecule has 3 aliphatic rings. The highest BCUT2D eigenvalue weighted by Crippen LogP contribution is 2.56. The van der Waals surface area contributed by atoms with Crippen LogP contribution in [-0.4, -0.2) is 88.5 Å². The molecular formula is C34H62N2O7. The lowest BCUT2D eigenvalue weighted by atomic mass is 9.52. The number of hydrogen-bond acceptors (Lipinski definition) is 7. The highest BCUT2D eigenvalue weighted by Gasteiger charge is 2.50. The summed E-state index contributed by atoms with van der Waals surface area (Å²) in [7, 11) is 0. The Hall–Kier alpha value is -1.26. The molecule has 250 valence electrons. The first-order valence-electron chi connectivity index (χ1n) is 17.5. The standard InChI is InChI=1S/C34H62N2O7/c1-3-17-40-19-21-42-22-20-41-18-9-16-35-32(38)12-6-4-5-7-15-36-33(39)26-43-29-13-14-34(2)25-30-27(23-28(34)24-29)10-8-11-31(30)37/h27-31,37H,3-26H2,1-2H3,(H,35,38)(H,36,39)/t27?,28?,29-,30+,31-,34+/m0/s1. The summed E-state index contributed by atoms with van der Waals surface area (Å²) in [4.78, 5) is 24.4. The molecule has 0 aromatic rings. The van der Waals surface area contributed by atoms with Gasteiger partial charge in [-0.2, -0.15) is 0 Å². The molecule has 0 aromatic heterocycles. The number of carbonyl (C=O) groups excluding carboxylic acids is 2. The average Bonchev–Trinajstić information content (AvgIpc) is 2.99. The summed E-state index contributed by atoms with van der Waals surface area (Å²) in [5.74, 6) is 1.87. The minimum atomic E-state index is -0.104. The van der Waals surface area contributed by atoms with Gasteiger partial charge < -0.3 is 34.7 Å². The Bertz CT molecular complexity index is 784. The zero-order valence-corrected chi connectivity index (χ0v) is 27.3. The molecule has 0 bridgehead atoms. The van der Waals surface area contributed by atoms with Crippen LogP contribution in [0.4, 0.5) is 0 Å². The number of rotatable bonds is 22. The number of ether oxygens (including phenoxy) is 4. The third-order valence-corrected chi connectivity index (χ3v) is 10.0. The lowest BCUT2D eigenvalue weighted by Gasteiger charge is -2.54. The van der Waals surface area contributed by atoms with Gasteiger partial charge in [-0.1, -0.05) is 33.1 Å². The second-order valence-electron chi connectivity index (χ2n) is 13.5. The zero-order chi connectivity index (χ0) is 30.8. The van der Waals surface area contributed by atoms with Gasteiger partial charge in [0.2, 0.25) is 11.8 Å². The van der Waals surface area contributed by atoms with Crippen molar-refractivity contribution in [1.29, 1.82) is 0 Å². The number of hydrogen-bond donors (Lipinski definition) is 3. The maximum Gasteiger partial charge on any atom is 0.246 e. The van der Waals surface area contributed by atoms with E-state index in [-0.39, 0.29) is 30.6 Å². The fraction of sp³-hybridized carbons (Fsp3) is 0.941. The van der Waals surface area contributed by atoms with Gasteiger partial charge >= 0.3 is 0 Å². The monoisotopic (exact) mass is 610 g/mol. The lowest BCUT2D eigenvalue weighted by Crippen LogP contribution is -2.49.